The summed E-state index contributed by atoms with van der Waals surface area (Å²) in [5.41, 5.74) is 0. The SMILES string of the molecule is CCC(Br)C(=O)N(C)C. The Morgan fingerprint density at radius 2 is 2.11 bits per heavy atom. The van der Waals surface area contributed by atoms with Crippen LogP contribution in [0.4, 0.5) is 0 Å². The molecule has 2 nitrogen and oxygen atoms in total. The van der Waals surface area contributed by atoms with Crippen molar-refractivity contribution in [3.63, 3.8) is 0 Å². The summed E-state index contributed by atoms with van der Waals surface area (Å²) in [5, 5.41) is 0. The molecule has 0 N–H and O–H groups in total. The first-order chi connectivity index (χ1) is 4.09. The summed E-state index contributed by atoms with van der Waals surface area (Å²) in [6, 6.07) is 0. The Morgan fingerprint density at radius 3 is 2.22 bits per heavy atom. The van der Waals surface area contributed by atoms with Gasteiger partial charge < -0.3 is 4.90 Å². The lowest BCUT2D eigenvalue weighted by molar-refractivity contribution is -0.127. The minimum Gasteiger partial charge on any atom is -0.348 e. The molecule has 0 aliphatic heterocycles. The van der Waals surface area contributed by atoms with E-state index in [0.717, 1.165) is 6.42 Å². The summed E-state index contributed by atoms with van der Waals surface area (Å²) in [6.07, 6.45) is 0.844. The number of hydrogen-bond donors (Lipinski definition) is 0. The summed E-state index contributed by atoms with van der Waals surface area (Å²) in [6.45, 7) is 1.97. The summed E-state index contributed by atoms with van der Waals surface area (Å²) in [7, 11) is 3.51. The summed E-state index contributed by atoms with van der Waals surface area (Å²) in [4.78, 5) is 12.5. The fourth-order valence-corrected chi connectivity index (χ4v) is 0.864. The van der Waals surface area contributed by atoms with Crippen molar-refractivity contribution in [2.75, 3.05) is 14.1 Å². The van der Waals surface area contributed by atoms with Gasteiger partial charge in [-0.2, -0.15) is 0 Å². The standard InChI is InChI=1S/C6H12BrNO/c1-4-5(7)6(9)8(2)3/h5H,4H2,1-3H3. The fraction of sp³-hybridized carbons (Fsp3) is 0.833. The smallest absolute Gasteiger partial charge is 0.235 e. The van der Waals surface area contributed by atoms with Gasteiger partial charge in [-0.3, -0.25) is 4.79 Å². The third-order valence-corrected chi connectivity index (χ3v) is 2.11. The third kappa shape index (κ3) is 2.84. The maximum atomic E-state index is 11.0. The Balaban J connectivity index is 3.73. The zero-order chi connectivity index (χ0) is 7.44. The zero-order valence-electron chi connectivity index (χ0n) is 6.02. The lowest BCUT2D eigenvalue weighted by Gasteiger charge is -2.12. The molecule has 0 bridgehead atoms. The molecule has 0 aliphatic rings. The van der Waals surface area contributed by atoms with E-state index < -0.39 is 0 Å². The fourth-order valence-electron chi connectivity index (χ4n) is 0.455. The Bertz CT molecular complexity index is 103. The molecule has 0 rings (SSSR count). The largest absolute Gasteiger partial charge is 0.348 e. The Labute approximate surface area is 64.4 Å². The van der Waals surface area contributed by atoms with E-state index in [9.17, 15) is 4.79 Å². The number of halogens is 1. The van der Waals surface area contributed by atoms with Gasteiger partial charge in [-0.1, -0.05) is 22.9 Å². The predicted octanol–water partition coefficient (Wildman–Crippen LogP) is 1.25. The first-order valence-corrected chi connectivity index (χ1v) is 3.86. The van der Waals surface area contributed by atoms with Gasteiger partial charge in [0.1, 0.15) is 0 Å². The molecule has 0 radical (unpaired) electrons. The third-order valence-electron chi connectivity index (χ3n) is 1.07. The van der Waals surface area contributed by atoms with Crippen LogP contribution >= 0.6 is 15.9 Å². The van der Waals surface area contributed by atoms with Crippen molar-refractivity contribution in [3.8, 4) is 0 Å². The summed E-state index contributed by atoms with van der Waals surface area (Å²) < 4.78 is 0. The van der Waals surface area contributed by atoms with Gasteiger partial charge in [0.05, 0.1) is 4.83 Å². The van der Waals surface area contributed by atoms with Crippen LogP contribution in [0.25, 0.3) is 0 Å². The highest BCUT2D eigenvalue weighted by atomic mass is 79.9. The molecule has 9 heavy (non-hydrogen) atoms. The molecule has 1 amide bonds. The lowest BCUT2D eigenvalue weighted by atomic mass is 10.3. The molecular formula is C6H12BrNO. The van der Waals surface area contributed by atoms with Gasteiger partial charge in [0, 0.05) is 14.1 Å². The van der Waals surface area contributed by atoms with E-state index in [2.05, 4.69) is 15.9 Å². The Kier molecular flexibility index (Phi) is 3.86. The number of carbonyl (C=O) groups is 1. The molecule has 0 saturated carbocycles. The second-order valence-electron chi connectivity index (χ2n) is 2.11. The van der Waals surface area contributed by atoms with Crippen LogP contribution in [0.3, 0.4) is 0 Å². The Morgan fingerprint density at radius 1 is 1.67 bits per heavy atom. The highest BCUT2D eigenvalue weighted by Gasteiger charge is 2.12. The normalized spacial score (nSPS) is 12.9. The van der Waals surface area contributed by atoms with Crippen molar-refractivity contribution in [3.05, 3.63) is 0 Å². The molecule has 54 valence electrons. The van der Waals surface area contributed by atoms with E-state index in [1.807, 2.05) is 6.92 Å². The highest BCUT2D eigenvalue weighted by Crippen LogP contribution is 2.05. The second-order valence-corrected chi connectivity index (χ2v) is 3.21. The number of nitrogens with zero attached hydrogens (tertiary/aromatic N) is 1. The molecule has 0 aliphatic carbocycles. The maximum Gasteiger partial charge on any atom is 0.235 e. The molecule has 0 spiro atoms. The highest BCUT2D eigenvalue weighted by molar-refractivity contribution is 9.10. The van der Waals surface area contributed by atoms with Gasteiger partial charge in [0.2, 0.25) is 5.91 Å². The van der Waals surface area contributed by atoms with Gasteiger partial charge in [0.25, 0.3) is 0 Å². The van der Waals surface area contributed by atoms with Crippen molar-refractivity contribution in [1.29, 1.82) is 0 Å². The predicted molar refractivity (Wildman–Crippen MR) is 41.7 cm³/mol. The van der Waals surface area contributed by atoms with Crippen LogP contribution in [-0.4, -0.2) is 29.7 Å². The maximum absolute atomic E-state index is 11.0. The van der Waals surface area contributed by atoms with Crippen LogP contribution in [0.1, 0.15) is 13.3 Å². The first kappa shape index (κ1) is 8.95. The molecular weight excluding hydrogens is 182 g/mol. The topological polar surface area (TPSA) is 20.3 Å². The molecule has 0 aromatic heterocycles. The van der Waals surface area contributed by atoms with Crippen molar-refractivity contribution in [2.24, 2.45) is 0 Å². The van der Waals surface area contributed by atoms with Crippen molar-refractivity contribution in [2.45, 2.75) is 18.2 Å². The molecule has 0 aromatic rings. The Hall–Kier alpha value is -0.0500. The van der Waals surface area contributed by atoms with E-state index in [-0.39, 0.29) is 10.7 Å². The van der Waals surface area contributed by atoms with Gasteiger partial charge in [-0.15, -0.1) is 0 Å². The molecule has 0 saturated heterocycles. The van der Waals surface area contributed by atoms with Crippen molar-refractivity contribution in [1.82, 2.24) is 4.90 Å². The van der Waals surface area contributed by atoms with E-state index in [1.165, 1.54) is 0 Å². The first-order valence-electron chi connectivity index (χ1n) is 2.94. The van der Waals surface area contributed by atoms with Crippen LogP contribution in [-0.2, 0) is 4.79 Å². The van der Waals surface area contributed by atoms with Crippen LogP contribution in [0.2, 0.25) is 0 Å². The molecule has 1 unspecified atom stereocenters. The number of amides is 1. The molecule has 0 fully saturated rings. The van der Waals surface area contributed by atoms with Crippen molar-refractivity contribution < 1.29 is 4.79 Å². The monoisotopic (exact) mass is 193 g/mol. The van der Waals surface area contributed by atoms with E-state index in [1.54, 1.807) is 19.0 Å². The number of alkyl halides is 1. The van der Waals surface area contributed by atoms with Gasteiger partial charge in [-0.25, -0.2) is 0 Å². The quantitative estimate of drug-likeness (QED) is 0.605. The van der Waals surface area contributed by atoms with E-state index >= 15 is 0 Å². The minimum atomic E-state index is -0.00694. The summed E-state index contributed by atoms with van der Waals surface area (Å²) >= 11 is 3.25. The molecule has 3 heteroatoms. The van der Waals surface area contributed by atoms with Crippen LogP contribution in [0, 0.1) is 0 Å². The average Bonchev–Trinajstić information content (AvgIpc) is 1.84. The van der Waals surface area contributed by atoms with Crippen LogP contribution in [0.5, 0.6) is 0 Å². The molecule has 0 heterocycles. The second kappa shape index (κ2) is 3.88. The average molecular weight is 194 g/mol. The van der Waals surface area contributed by atoms with E-state index in [4.69, 9.17) is 0 Å². The van der Waals surface area contributed by atoms with Gasteiger partial charge in [0.15, 0.2) is 0 Å². The minimum absolute atomic E-state index is 0.00694. The molecule has 0 aromatic carbocycles. The lowest BCUT2D eigenvalue weighted by Crippen LogP contribution is -2.29. The van der Waals surface area contributed by atoms with E-state index in [0.29, 0.717) is 0 Å². The number of rotatable bonds is 2. The van der Waals surface area contributed by atoms with Crippen molar-refractivity contribution >= 4 is 21.8 Å². The number of carbonyl (C=O) groups excluding carboxylic acids is 1. The van der Waals surface area contributed by atoms with Crippen LogP contribution < -0.4 is 0 Å². The molecule has 1 atom stereocenters. The zero-order valence-corrected chi connectivity index (χ0v) is 7.60. The summed E-state index contributed by atoms with van der Waals surface area (Å²) in [5.74, 6) is 0.137. The van der Waals surface area contributed by atoms with Gasteiger partial charge >= 0.3 is 0 Å². The van der Waals surface area contributed by atoms with Gasteiger partial charge in [-0.05, 0) is 6.42 Å². The van der Waals surface area contributed by atoms with Crippen LogP contribution in [0.15, 0.2) is 0 Å². The number of hydrogen-bond acceptors (Lipinski definition) is 1.